The molecule has 0 radical (unpaired) electrons. The van der Waals surface area contributed by atoms with E-state index in [1.165, 1.54) is 0 Å². The lowest BCUT2D eigenvalue weighted by Gasteiger charge is -1.97. The third-order valence-corrected chi connectivity index (χ3v) is 1.73. The second-order valence-corrected chi connectivity index (χ2v) is 2.44. The number of H-pyrrole nitrogens is 1. The highest BCUT2D eigenvalue weighted by Gasteiger charge is 2.01. The van der Waals surface area contributed by atoms with Crippen molar-refractivity contribution in [2.45, 2.75) is 0 Å². The predicted octanol–water partition coefficient (Wildman–Crippen LogP) is 1.46. The molecule has 0 aliphatic heterocycles. The zero-order valence-corrected chi connectivity index (χ0v) is 5.83. The molecule has 3 nitrogen and oxygen atoms in total. The fourth-order valence-electron chi connectivity index (χ4n) is 1.16. The zero-order chi connectivity index (χ0) is 7.84. The molecule has 0 fully saturated rings. The van der Waals surface area contributed by atoms with Crippen LogP contribution < -0.4 is 5.73 Å². The van der Waals surface area contributed by atoms with Gasteiger partial charge in [0.05, 0.1) is 5.52 Å². The zero-order valence-electron chi connectivity index (χ0n) is 5.83. The van der Waals surface area contributed by atoms with Crippen molar-refractivity contribution in [3.05, 3.63) is 24.4 Å². The third-order valence-electron chi connectivity index (χ3n) is 1.73. The van der Waals surface area contributed by atoms with E-state index in [9.17, 15) is 5.11 Å². The second kappa shape index (κ2) is 1.92. The molecule has 3 heteroatoms. The molecule has 1 aromatic carbocycles. The standard InChI is InChI=1S/C8H8N2O/c9-6-1-2-7(11)8-5(6)3-4-10-8/h1-4,10-11H,9H2. The first-order valence-corrected chi connectivity index (χ1v) is 3.33. The van der Waals surface area contributed by atoms with Crippen LogP contribution in [0.15, 0.2) is 24.4 Å². The van der Waals surface area contributed by atoms with Crippen molar-refractivity contribution in [2.24, 2.45) is 0 Å². The summed E-state index contributed by atoms with van der Waals surface area (Å²) >= 11 is 0. The van der Waals surface area contributed by atoms with Gasteiger partial charge >= 0.3 is 0 Å². The first kappa shape index (κ1) is 6.09. The molecule has 0 atom stereocenters. The monoisotopic (exact) mass is 148 g/mol. The summed E-state index contributed by atoms with van der Waals surface area (Å²) in [5, 5.41) is 10.2. The van der Waals surface area contributed by atoms with Gasteiger partial charge in [-0.15, -0.1) is 0 Å². The SMILES string of the molecule is Nc1ccc(O)c2[nH]ccc12. The topological polar surface area (TPSA) is 62.0 Å². The van der Waals surface area contributed by atoms with E-state index < -0.39 is 0 Å². The number of phenols is 1. The van der Waals surface area contributed by atoms with Crippen molar-refractivity contribution in [2.75, 3.05) is 5.73 Å². The van der Waals surface area contributed by atoms with Gasteiger partial charge in [0.2, 0.25) is 0 Å². The number of fused-ring (bicyclic) bond motifs is 1. The molecule has 0 aliphatic rings. The maximum atomic E-state index is 9.30. The van der Waals surface area contributed by atoms with Crippen molar-refractivity contribution in [3.63, 3.8) is 0 Å². The van der Waals surface area contributed by atoms with Crippen molar-refractivity contribution >= 4 is 16.6 Å². The fraction of sp³-hybridized carbons (Fsp3) is 0. The van der Waals surface area contributed by atoms with E-state index in [4.69, 9.17) is 5.73 Å². The van der Waals surface area contributed by atoms with E-state index in [0.29, 0.717) is 11.2 Å². The van der Waals surface area contributed by atoms with Crippen LogP contribution in [-0.2, 0) is 0 Å². The van der Waals surface area contributed by atoms with Crippen LogP contribution in [0, 0.1) is 0 Å². The Hall–Kier alpha value is -1.64. The van der Waals surface area contributed by atoms with E-state index in [1.807, 2.05) is 6.07 Å². The van der Waals surface area contributed by atoms with Gasteiger partial charge in [0.1, 0.15) is 5.75 Å². The van der Waals surface area contributed by atoms with Crippen molar-refractivity contribution in [1.82, 2.24) is 4.98 Å². The highest BCUT2D eigenvalue weighted by atomic mass is 16.3. The first-order chi connectivity index (χ1) is 5.29. The lowest BCUT2D eigenvalue weighted by molar-refractivity contribution is 0.480. The summed E-state index contributed by atoms with van der Waals surface area (Å²) in [7, 11) is 0. The minimum atomic E-state index is 0.235. The average Bonchev–Trinajstić information content (AvgIpc) is 2.45. The quantitative estimate of drug-likeness (QED) is 0.391. The molecule has 11 heavy (non-hydrogen) atoms. The lowest BCUT2D eigenvalue weighted by Crippen LogP contribution is -1.84. The van der Waals surface area contributed by atoms with Crippen LogP contribution in [-0.4, -0.2) is 10.1 Å². The summed E-state index contributed by atoms with van der Waals surface area (Å²) in [6, 6.07) is 5.10. The number of hydrogen-bond acceptors (Lipinski definition) is 2. The minimum absolute atomic E-state index is 0.235. The Morgan fingerprint density at radius 1 is 1.27 bits per heavy atom. The molecule has 0 unspecified atom stereocenters. The Kier molecular flexibility index (Phi) is 1.06. The van der Waals surface area contributed by atoms with Crippen molar-refractivity contribution in [1.29, 1.82) is 0 Å². The van der Waals surface area contributed by atoms with Crippen LogP contribution in [0.25, 0.3) is 10.9 Å². The van der Waals surface area contributed by atoms with Gasteiger partial charge in [0.15, 0.2) is 0 Å². The van der Waals surface area contributed by atoms with Gasteiger partial charge in [0.25, 0.3) is 0 Å². The van der Waals surface area contributed by atoms with E-state index >= 15 is 0 Å². The predicted molar refractivity (Wildman–Crippen MR) is 44.4 cm³/mol. The summed E-state index contributed by atoms with van der Waals surface area (Å²) < 4.78 is 0. The molecule has 0 aliphatic carbocycles. The molecule has 0 spiro atoms. The molecule has 0 bridgehead atoms. The van der Waals surface area contributed by atoms with Gasteiger partial charge in [-0.2, -0.15) is 0 Å². The molecule has 4 N–H and O–H groups in total. The van der Waals surface area contributed by atoms with Crippen LogP contribution >= 0.6 is 0 Å². The molecule has 2 rings (SSSR count). The fourth-order valence-corrected chi connectivity index (χ4v) is 1.16. The second-order valence-electron chi connectivity index (χ2n) is 2.44. The van der Waals surface area contributed by atoms with Gasteiger partial charge in [-0.25, -0.2) is 0 Å². The maximum absolute atomic E-state index is 9.30. The number of aromatic hydroxyl groups is 1. The maximum Gasteiger partial charge on any atom is 0.139 e. The summed E-state index contributed by atoms with van der Waals surface area (Å²) in [5.74, 6) is 0.235. The number of phenolic OH excluding ortho intramolecular Hbond substituents is 1. The summed E-state index contributed by atoms with van der Waals surface area (Å²) in [6.07, 6.45) is 1.75. The number of benzene rings is 1. The third kappa shape index (κ3) is 0.741. The highest BCUT2D eigenvalue weighted by Crippen LogP contribution is 2.27. The van der Waals surface area contributed by atoms with Crippen molar-refractivity contribution < 1.29 is 5.11 Å². The molecule has 1 heterocycles. The minimum Gasteiger partial charge on any atom is -0.506 e. The van der Waals surface area contributed by atoms with Crippen molar-refractivity contribution in [3.8, 4) is 5.75 Å². The first-order valence-electron chi connectivity index (χ1n) is 3.33. The van der Waals surface area contributed by atoms with E-state index in [2.05, 4.69) is 4.98 Å². The Labute approximate surface area is 63.5 Å². The molecule has 0 amide bonds. The Morgan fingerprint density at radius 2 is 2.09 bits per heavy atom. The normalized spacial score (nSPS) is 10.5. The summed E-state index contributed by atoms with van der Waals surface area (Å²) in [5.41, 5.74) is 7.02. The summed E-state index contributed by atoms with van der Waals surface area (Å²) in [6.45, 7) is 0. The molecular weight excluding hydrogens is 140 g/mol. The highest BCUT2D eigenvalue weighted by molar-refractivity contribution is 5.94. The average molecular weight is 148 g/mol. The molecule has 2 aromatic rings. The van der Waals surface area contributed by atoms with E-state index in [-0.39, 0.29) is 5.75 Å². The number of rotatable bonds is 0. The van der Waals surface area contributed by atoms with E-state index in [1.54, 1.807) is 18.3 Å². The number of hydrogen-bond donors (Lipinski definition) is 3. The Morgan fingerprint density at radius 3 is 2.82 bits per heavy atom. The Bertz CT molecular complexity index is 356. The molecule has 0 saturated carbocycles. The van der Waals surface area contributed by atoms with E-state index in [0.717, 1.165) is 5.39 Å². The number of nitrogen functional groups attached to an aromatic ring is 1. The van der Waals surface area contributed by atoms with Crippen LogP contribution in [0.4, 0.5) is 5.69 Å². The van der Waals surface area contributed by atoms with Gasteiger partial charge in [-0.3, -0.25) is 0 Å². The van der Waals surface area contributed by atoms with Crippen LogP contribution in [0.3, 0.4) is 0 Å². The molecular formula is C8H8N2O. The smallest absolute Gasteiger partial charge is 0.139 e. The number of anilines is 1. The molecule has 1 aromatic heterocycles. The number of aromatic amines is 1. The van der Waals surface area contributed by atoms with Crippen LogP contribution in [0.1, 0.15) is 0 Å². The van der Waals surface area contributed by atoms with Gasteiger partial charge in [0, 0.05) is 17.3 Å². The molecule has 0 saturated heterocycles. The van der Waals surface area contributed by atoms with Gasteiger partial charge in [-0.05, 0) is 18.2 Å². The number of aromatic nitrogens is 1. The lowest BCUT2D eigenvalue weighted by atomic mass is 10.2. The summed E-state index contributed by atoms with van der Waals surface area (Å²) in [4.78, 5) is 2.90. The van der Waals surface area contributed by atoms with Gasteiger partial charge in [-0.1, -0.05) is 0 Å². The largest absolute Gasteiger partial charge is 0.506 e. The van der Waals surface area contributed by atoms with Crippen LogP contribution in [0.2, 0.25) is 0 Å². The Balaban J connectivity index is 2.96. The number of nitrogens with one attached hydrogen (secondary N) is 1. The van der Waals surface area contributed by atoms with Crippen LogP contribution in [0.5, 0.6) is 5.75 Å². The van der Waals surface area contributed by atoms with Gasteiger partial charge < -0.3 is 15.8 Å². The number of nitrogens with two attached hydrogens (primary N) is 1. The molecule has 56 valence electrons.